The van der Waals surface area contributed by atoms with E-state index in [1.165, 1.54) is 0 Å². The zero-order valence-corrected chi connectivity index (χ0v) is 7.99. The van der Waals surface area contributed by atoms with Crippen molar-refractivity contribution in [2.24, 2.45) is 0 Å². The van der Waals surface area contributed by atoms with Crippen LogP contribution in [0, 0.1) is 0 Å². The fraction of sp³-hybridized carbons (Fsp3) is 0. The van der Waals surface area contributed by atoms with Crippen LogP contribution in [0.15, 0.2) is 0 Å². The molecule has 0 unspecified atom stereocenters. The SMILES string of the molecule is [K+].[O-2].[O-2].[O-2].[O-2].[Tc+7]. The Kier molecular flexibility index (Phi) is 901. The molecule has 6 heteroatoms. The summed E-state index contributed by atoms with van der Waals surface area (Å²) in [7, 11) is 0. The van der Waals surface area contributed by atoms with Gasteiger partial charge in [-0.3, -0.25) is 0 Å². The number of hydrogen-bond donors (Lipinski definition) is 0. The summed E-state index contributed by atoms with van der Waals surface area (Å²) in [6.45, 7) is 0. The Hall–Kier alpha value is 2.13. The van der Waals surface area contributed by atoms with Gasteiger partial charge in [0, 0.05) is 0 Å². The van der Waals surface area contributed by atoms with E-state index in [0.717, 1.165) is 0 Å². The van der Waals surface area contributed by atoms with Crippen molar-refractivity contribution in [1.29, 1.82) is 0 Å². The third kappa shape index (κ3) is 35.6. The van der Waals surface area contributed by atoms with Crippen LogP contribution in [0.25, 0.3) is 0 Å². The van der Waals surface area contributed by atoms with E-state index >= 15 is 0 Å². The van der Waals surface area contributed by atoms with Crippen molar-refractivity contribution in [3.8, 4) is 0 Å². The largest absolute Gasteiger partial charge is 7.00 e. The molecular weight excluding hydrogens is 201 g/mol. The molecule has 4 nitrogen and oxygen atoms in total. The minimum absolute atomic E-state index is 0. The van der Waals surface area contributed by atoms with E-state index < -0.39 is 0 Å². The fourth-order valence-corrected chi connectivity index (χ4v) is 0. The average Bonchev–Trinajstić information content (AvgIpc) is 0. The molecule has 0 atom stereocenters. The summed E-state index contributed by atoms with van der Waals surface area (Å²) in [4.78, 5) is 0. The van der Waals surface area contributed by atoms with Crippen molar-refractivity contribution in [3.05, 3.63) is 0 Å². The van der Waals surface area contributed by atoms with Gasteiger partial charge in [-0.2, -0.15) is 0 Å². The van der Waals surface area contributed by atoms with E-state index in [9.17, 15) is 0 Å². The van der Waals surface area contributed by atoms with Crippen molar-refractivity contribution in [3.63, 3.8) is 0 Å². The molecule has 0 aromatic rings. The molecule has 0 N–H and O–H groups in total. The first kappa shape index (κ1) is 91.3. The van der Waals surface area contributed by atoms with Crippen LogP contribution in [0.3, 0.4) is 0 Å². The Morgan fingerprint density at radius 3 is 0.500 bits per heavy atom. The molecular formula is KO4Tc. The van der Waals surface area contributed by atoms with Crippen molar-refractivity contribution >= 4 is 0 Å². The molecule has 0 aliphatic rings. The Labute approximate surface area is 91.7 Å². The van der Waals surface area contributed by atoms with Crippen LogP contribution in [-0.2, 0) is 42.0 Å². The summed E-state index contributed by atoms with van der Waals surface area (Å²) in [5.74, 6) is 0. The van der Waals surface area contributed by atoms with Crippen LogP contribution in [-0.4, -0.2) is 0 Å². The van der Waals surface area contributed by atoms with E-state index in [1.807, 2.05) is 0 Å². The third-order valence-corrected chi connectivity index (χ3v) is 0. The van der Waals surface area contributed by atoms with Crippen molar-refractivity contribution in [1.82, 2.24) is 0 Å². The first-order valence-corrected chi connectivity index (χ1v) is 0. The molecule has 0 aromatic carbocycles. The van der Waals surface area contributed by atoms with Gasteiger partial charge in [-0.25, -0.2) is 0 Å². The molecule has 0 bridgehead atoms. The quantitative estimate of drug-likeness (QED) is 0.362. The smallest absolute Gasteiger partial charge is 2.00 e. The molecule has 0 amide bonds. The maximum absolute atomic E-state index is 0. The fourth-order valence-electron chi connectivity index (χ4n) is 0. The monoisotopic (exact) mass is 200 g/mol. The van der Waals surface area contributed by atoms with Crippen LogP contribution in [0.2, 0.25) is 0 Å². The van der Waals surface area contributed by atoms with Crippen LogP contribution in [0.5, 0.6) is 0 Å². The summed E-state index contributed by atoms with van der Waals surface area (Å²) in [5.41, 5.74) is 0. The average molecular weight is 201 g/mol. The van der Waals surface area contributed by atoms with Crippen LogP contribution < -0.4 is 51.4 Å². The van der Waals surface area contributed by atoms with Gasteiger partial charge in [-0.15, -0.1) is 0 Å². The van der Waals surface area contributed by atoms with Gasteiger partial charge in [0.05, 0.1) is 0 Å². The standard InChI is InChI=1S/K.4O.Tc/q+1;4*-2;+7. The molecule has 0 heterocycles. The van der Waals surface area contributed by atoms with E-state index in [2.05, 4.69) is 0 Å². The van der Waals surface area contributed by atoms with E-state index in [-0.39, 0.29) is 93.4 Å². The Bertz CT molecular complexity index is 7.51. The molecule has 0 saturated heterocycles. The predicted octanol–water partition coefficient (Wildman–Crippen LogP) is -3.47. The second-order valence-electron chi connectivity index (χ2n) is 0. The molecule has 0 spiro atoms. The summed E-state index contributed by atoms with van der Waals surface area (Å²) in [6, 6.07) is 0. The van der Waals surface area contributed by atoms with Gasteiger partial charge in [0.15, 0.2) is 0 Å². The van der Waals surface area contributed by atoms with Crippen molar-refractivity contribution in [2.45, 2.75) is 0 Å². The molecule has 0 radical (unpaired) electrons. The maximum Gasteiger partial charge on any atom is 7.00 e. The van der Waals surface area contributed by atoms with Gasteiger partial charge in [-0.05, 0) is 0 Å². The maximum atomic E-state index is 0. The van der Waals surface area contributed by atoms with E-state index in [0.29, 0.717) is 0 Å². The normalized spacial score (nSPS) is 0. The van der Waals surface area contributed by atoms with Crippen LogP contribution >= 0.6 is 0 Å². The molecule has 32 valence electrons. The Morgan fingerprint density at radius 1 is 0.500 bits per heavy atom. The predicted molar refractivity (Wildman–Crippen MR) is 2.75 cm³/mol. The van der Waals surface area contributed by atoms with E-state index in [4.69, 9.17) is 0 Å². The summed E-state index contributed by atoms with van der Waals surface area (Å²) >= 11 is 0. The molecule has 0 saturated carbocycles. The van der Waals surface area contributed by atoms with Gasteiger partial charge in [-0.1, -0.05) is 0 Å². The number of hydrogen-bond acceptors (Lipinski definition) is 0. The van der Waals surface area contributed by atoms with Gasteiger partial charge in [0.25, 0.3) is 0 Å². The van der Waals surface area contributed by atoms with Gasteiger partial charge < -0.3 is 21.9 Å². The molecule has 0 aliphatic heterocycles. The zero-order chi connectivity index (χ0) is 0. The molecule has 0 fully saturated rings. The Morgan fingerprint density at radius 2 is 0.500 bits per heavy atom. The molecule has 0 aromatic heterocycles. The molecule has 0 aliphatic carbocycles. The minimum atomic E-state index is 0. The van der Waals surface area contributed by atoms with Gasteiger partial charge >= 0.3 is 71.5 Å². The minimum Gasteiger partial charge on any atom is -2.00 e. The van der Waals surface area contributed by atoms with Crippen molar-refractivity contribution < 1.29 is 93.4 Å². The topological polar surface area (TPSA) is 114 Å². The molecule has 0 rings (SSSR count). The summed E-state index contributed by atoms with van der Waals surface area (Å²) in [6.07, 6.45) is 0. The summed E-state index contributed by atoms with van der Waals surface area (Å²) < 4.78 is 0. The molecule has 6 heavy (non-hydrogen) atoms. The Balaban J connectivity index is 0. The second kappa shape index (κ2) is 59.2. The van der Waals surface area contributed by atoms with E-state index in [1.54, 1.807) is 0 Å². The summed E-state index contributed by atoms with van der Waals surface area (Å²) in [5, 5.41) is 0. The van der Waals surface area contributed by atoms with Gasteiger partial charge in [0.2, 0.25) is 0 Å². The van der Waals surface area contributed by atoms with Crippen LogP contribution in [0.1, 0.15) is 0 Å². The van der Waals surface area contributed by atoms with Gasteiger partial charge in [0.1, 0.15) is 0 Å². The van der Waals surface area contributed by atoms with Crippen LogP contribution in [0.4, 0.5) is 0 Å². The third-order valence-electron chi connectivity index (χ3n) is 0. The first-order chi connectivity index (χ1) is 0. The zero-order valence-electron chi connectivity index (χ0n) is 3.01. The van der Waals surface area contributed by atoms with Crippen molar-refractivity contribution in [2.75, 3.05) is 0 Å². The first-order valence-electron chi connectivity index (χ1n) is 0. The second-order valence-corrected chi connectivity index (χ2v) is 0. The number of rotatable bonds is 0.